The second-order valence-electron chi connectivity index (χ2n) is 3.51. The Morgan fingerprint density at radius 2 is 2.27 bits per heavy atom. The van der Waals surface area contributed by atoms with Gasteiger partial charge in [0.2, 0.25) is 5.91 Å². The van der Waals surface area contributed by atoms with Gasteiger partial charge in [-0.15, -0.1) is 10.2 Å². The minimum atomic E-state index is -0.0408. The van der Waals surface area contributed by atoms with E-state index in [9.17, 15) is 4.79 Å². The molecule has 5 heteroatoms. The molecule has 1 unspecified atom stereocenters. The molecule has 82 valence electrons. The number of hydrogen-bond donors (Lipinski definition) is 1. The Morgan fingerprint density at radius 1 is 1.53 bits per heavy atom. The van der Waals surface area contributed by atoms with Crippen LogP contribution in [0.5, 0.6) is 0 Å². The number of nitrogens with one attached hydrogen (secondary N) is 1. The van der Waals surface area contributed by atoms with Crippen molar-refractivity contribution in [3.8, 4) is 0 Å². The molecule has 0 saturated carbocycles. The fraction of sp³-hybridized carbons (Fsp3) is 0.500. The molecule has 1 heterocycles. The van der Waals surface area contributed by atoms with Gasteiger partial charge in [0.05, 0.1) is 0 Å². The third kappa shape index (κ3) is 4.25. The largest absolute Gasteiger partial charge is 0.309 e. The van der Waals surface area contributed by atoms with Crippen LogP contribution < -0.4 is 5.32 Å². The van der Waals surface area contributed by atoms with Gasteiger partial charge in [-0.05, 0) is 18.1 Å². The maximum atomic E-state index is 11.5. The first-order valence-electron chi connectivity index (χ1n) is 4.91. The molecule has 1 amide bonds. The lowest BCUT2D eigenvalue weighted by molar-refractivity contribution is -0.117. The summed E-state index contributed by atoms with van der Waals surface area (Å²) in [5, 5.41) is 10.3. The first-order valence-corrected chi connectivity index (χ1v) is 5.28. The maximum absolute atomic E-state index is 11.5. The van der Waals surface area contributed by atoms with E-state index in [0.717, 1.165) is 6.42 Å². The molecule has 0 fully saturated rings. The summed E-state index contributed by atoms with van der Waals surface area (Å²) >= 11 is 5.57. The van der Waals surface area contributed by atoms with Crippen molar-refractivity contribution in [2.45, 2.75) is 26.7 Å². The standard InChI is InChI=1S/C10H14ClN3O/c1-3-7(2)6-10(15)12-9-5-4-8(11)13-14-9/h4-5,7H,3,6H2,1-2H3,(H,12,14,15). The fourth-order valence-corrected chi connectivity index (χ4v) is 1.14. The molecule has 1 aromatic heterocycles. The van der Waals surface area contributed by atoms with Crippen molar-refractivity contribution in [3.63, 3.8) is 0 Å². The van der Waals surface area contributed by atoms with Gasteiger partial charge in [0.25, 0.3) is 0 Å². The van der Waals surface area contributed by atoms with Gasteiger partial charge in [-0.3, -0.25) is 4.79 Å². The third-order valence-corrected chi connectivity index (χ3v) is 2.33. The normalized spacial score (nSPS) is 12.2. The van der Waals surface area contributed by atoms with Crippen LogP contribution in [0.2, 0.25) is 5.15 Å². The Labute approximate surface area is 94.0 Å². The van der Waals surface area contributed by atoms with Crippen molar-refractivity contribution in [1.29, 1.82) is 0 Å². The Kier molecular flexibility index (Phi) is 4.49. The number of hydrogen-bond acceptors (Lipinski definition) is 3. The Balaban J connectivity index is 2.48. The Morgan fingerprint density at radius 3 is 2.80 bits per heavy atom. The molecule has 0 aliphatic heterocycles. The van der Waals surface area contributed by atoms with E-state index in [0.29, 0.717) is 23.3 Å². The molecule has 4 nitrogen and oxygen atoms in total. The van der Waals surface area contributed by atoms with E-state index in [1.807, 2.05) is 6.92 Å². The van der Waals surface area contributed by atoms with Gasteiger partial charge < -0.3 is 5.32 Å². The van der Waals surface area contributed by atoms with E-state index in [2.05, 4.69) is 22.4 Å². The monoisotopic (exact) mass is 227 g/mol. The van der Waals surface area contributed by atoms with Crippen LogP contribution in [0.1, 0.15) is 26.7 Å². The number of carbonyl (C=O) groups is 1. The summed E-state index contributed by atoms with van der Waals surface area (Å²) in [5.74, 6) is 0.777. The van der Waals surface area contributed by atoms with Crippen LogP contribution >= 0.6 is 11.6 Å². The van der Waals surface area contributed by atoms with Gasteiger partial charge in [0, 0.05) is 6.42 Å². The molecule has 0 aliphatic rings. The molecule has 1 atom stereocenters. The quantitative estimate of drug-likeness (QED) is 0.860. The van der Waals surface area contributed by atoms with Crippen LogP contribution in [0.25, 0.3) is 0 Å². The van der Waals surface area contributed by atoms with Gasteiger partial charge in [-0.2, -0.15) is 0 Å². The highest BCUT2D eigenvalue weighted by molar-refractivity contribution is 6.29. The molecule has 1 aromatic rings. The summed E-state index contributed by atoms with van der Waals surface area (Å²) in [6, 6.07) is 3.22. The van der Waals surface area contributed by atoms with Crippen LogP contribution in [-0.2, 0) is 4.79 Å². The number of nitrogens with zero attached hydrogens (tertiary/aromatic N) is 2. The zero-order chi connectivity index (χ0) is 11.3. The van der Waals surface area contributed by atoms with Crippen molar-refractivity contribution >= 4 is 23.3 Å². The van der Waals surface area contributed by atoms with Crippen molar-refractivity contribution in [3.05, 3.63) is 17.3 Å². The topological polar surface area (TPSA) is 54.9 Å². The SMILES string of the molecule is CCC(C)CC(=O)Nc1ccc(Cl)nn1. The summed E-state index contributed by atoms with van der Waals surface area (Å²) in [6.45, 7) is 4.09. The minimum absolute atomic E-state index is 0.0408. The highest BCUT2D eigenvalue weighted by Gasteiger charge is 2.08. The maximum Gasteiger partial charge on any atom is 0.225 e. The molecule has 1 N–H and O–H groups in total. The van der Waals surface area contributed by atoms with Crippen molar-refractivity contribution in [1.82, 2.24) is 10.2 Å². The highest BCUT2D eigenvalue weighted by atomic mass is 35.5. The van der Waals surface area contributed by atoms with Gasteiger partial charge >= 0.3 is 0 Å². The first kappa shape index (κ1) is 11.9. The summed E-state index contributed by atoms with van der Waals surface area (Å²) in [7, 11) is 0. The van der Waals surface area contributed by atoms with Gasteiger partial charge in [0.1, 0.15) is 0 Å². The lowest BCUT2D eigenvalue weighted by Crippen LogP contribution is -2.15. The van der Waals surface area contributed by atoms with Crippen LogP contribution in [0.15, 0.2) is 12.1 Å². The molecule has 0 radical (unpaired) electrons. The highest BCUT2D eigenvalue weighted by Crippen LogP contribution is 2.10. The molecular formula is C10H14ClN3O. The van der Waals surface area contributed by atoms with Gasteiger partial charge in [-0.1, -0.05) is 31.9 Å². The number of halogens is 1. The van der Waals surface area contributed by atoms with Crippen LogP contribution in [0.4, 0.5) is 5.82 Å². The fourth-order valence-electron chi connectivity index (χ4n) is 1.04. The predicted molar refractivity (Wildman–Crippen MR) is 59.7 cm³/mol. The molecule has 0 aliphatic carbocycles. The molecule has 0 bridgehead atoms. The predicted octanol–water partition coefficient (Wildman–Crippen LogP) is 2.50. The zero-order valence-corrected chi connectivity index (χ0v) is 9.58. The molecule has 1 rings (SSSR count). The lowest BCUT2D eigenvalue weighted by Gasteiger charge is -2.07. The van der Waals surface area contributed by atoms with E-state index < -0.39 is 0 Å². The summed E-state index contributed by atoms with van der Waals surface area (Å²) in [4.78, 5) is 11.5. The molecule has 15 heavy (non-hydrogen) atoms. The van der Waals surface area contributed by atoms with E-state index in [4.69, 9.17) is 11.6 Å². The lowest BCUT2D eigenvalue weighted by atomic mass is 10.1. The minimum Gasteiger partial charge on any atom is -0.309 e. The van der Waals surface area contributed by atoms with Crippen molar-refractivity contribution in [2.75, 3.05) is 5.32 Å². The Bertz CT molecular complexity index is 326. The number of amides is 1. The number of anilines is 1. The van der Waals surface area contributed by atoms with E-state index in [1.165, 1.54) is 0 Å². The molecule has 0 spiro atoms. The third-order valence-electron chi connectivity index (χ3n) is 2.13. The number of aromatic nitrogens is 2. The molecule has 0 aromatic carbocycles. The van der Waals surface area contributed by atoms with Crippen LogP contribution in [0, 0.1) is 5.92 Å². The van der Waals surface area contributed by atoms with E-state index in [-0.39, 0.29) is 5.91 Å². The second kappa shape index (κ2) is 5.66. The first-order chi connectivity index (χ1) is 7.11. The Hall–Kier alpha value is -1.16. The van der Waals surface area contributed by atoms with Gasteiger partial charge in [-0.25, -0.2) is 0 Å². The summed E-state index contributed by atoms with van der Waals surface area (Å²) < 4.78 is 0. The average Bonchev–Trinajstić information content (AvgIpc) is 2.21. The van der Waals surface area contributed by atoms with Crippen LogP contribution in [0.3, 0.4) is 0 Å². The van der Waals surface area contributed by atoms with Gasteiger partial charge in [0.15, 0.2) is 11.0 Å². The average molecular weight is 228 g/mol. The second-order valence-corrected chi connectivity index (χ2v) is 3.89. The summed E-state index contributed by atoms with van der Waals surface area (Å²) in [6.07, 6.45) is 1.49. The zero-order valence-electron chi connectivity index (χ0n) is 8.83. The number of carbonyl (C=O) groups excluding carboxylic acids is 1. The van der Waals surface area contributed by atoms with Crippen LogP contribution in [-0.4, -0.2) is 16.1 Å². The van der Waals surface area contributed by atoms with Crippen molar-refractivity contribution in [2.24, 2.45) is 5.92 Å². The van der Waals surface area contributed by atoms with Crippen molar-refractivity contribution < 1.29 is 4.79 Å². The smallest absolute Gasteiger partial charge is 0.225 e. The van der Waals surface area contributed by atoms with E-state index >= 15 is 0 Å². The molecular weight excluding hydrogens is 214 g/mol. The summed E-state index contributed by atoms with van der Waals surface area (Å²) in [5.41, 5.74) is 0. The molecule has 0 saturated heterocycles. The van der Waals surface area contributed by atoms with E-state index in [1.54, 1.807) is 12.1 Å². The number of rotatable bonds is 4.